The van der Waals surface area contributed by atoms with Gasteiger partial charge in [0.25, 0.3) is 0 Å². The van der Waals surface area contributed by atoms with E-state index in [4.69, 9.17) is 9.47 Å². The molecule has 0 unspecified atom stereocenters. The third-order valence-electron chi connectivity index (χ3n) is 2.85. The number of hydrogen-bond donors (Lipinski definition) is 2. The number of aliphatic imine (C=N–C) groups is 1. The zero-order valence-corrected chi connectivity index (χ0v) is 14.6. The summed E-state index contributed by atoms with van der Waals surface area (Å²) in [7, 11) is 0.287. The molecule has 2 N–H and O–H groups in total. The van der Waals surface area contributed by atoms with Crippen molar-refractivity contribution in [3.8, 4) is 5.75 Å². The van der Waals surface area contributed by atoms with Crippen molar-refractivity contribution in [2.24, 2.45) is 4.99 Å². The van der Waals surface area contributed by atoms with Crippen LogP contribution in [0, 0.1) is 0 Å². The largest absolute Gasteiger partial charge is 0.493 e. The maximum absolute atomic E-state index is 11.1. The summed E-state index contributed by atoms with van der Waals surface area (Å²) in [5.74, 6) is 1.30. The van der Waals surface area contributed by atoms with Crippen molar-refractivity contribution in [2.45, 2.75) is 6.42 Å². The number of rotatable bonds is 9. The van der Waals surface area contributed by atoms with Crippen molar-refractivity contribution in [1.82, 2.24) is 5.32 Å². The van der Waals surface area contributed by atoms with E-state index in [-0.39, 0.29) is 5.75 Å². The van der Waals surface area contributed by atoms with Crippen LogP contribution in [0.1, 0.15) is 6.42 Å². The molecule has 0 heterocycles. The zero-order valence-electron chi connectivity index (χ0n) is 13.8. The smallest absolute Gasteiger partial charge is 0.195 e. The molecule has 0 aliphatic carbocycles. The fraction of sp³-hybridized carbons (Fsp3) is 0.533. The van der Waals surface area contributed by atoms with Gasteiger partial charge in [-0.3, -0.25) is 4.99 Å². The summed E-state index contributed by atoms with van der Waals surface area (Å²) in [5, 5.41) is 6.05. The summed E-state index contributed by atoms with van der Waals surface area (Å²) in [4.78, 5) is 4.06. The number of nitrogens with zero attached hydrogens (tertiary/aromatic N) is 1. The number of nitrogens with one attached hydrogen (secondary N) is 2. The molecule has 0 aromatic heterocycles. The summed E-state index contributed by atoms with van der Waals surface area (Å²) in [6.07, 6.45) is 2.03. The highest BCUT2D eigenvalue weighted by atomic mass is 32.2. The molecule has 0 bridgehead atoms. The zero-order chi connectivity index (χ0) is 17.1. The summed E-state index contributed by atoms with van der Waals surface area (Å²) < 4.78 is 32.9. The molecule has 8 heteroatoms. The van der Waals surface area contributed by atoms with E-state index in [1.54, 1.807) is 14.2 Å². The van der Waals surface area contributed by atoms with Crippen LogP contribution in [0.25, 0.3) is 0 Å². The van der Waals surface area contributed by atoms with Crippen LogP contribution >= 0.6 is 0 Å². The van der Waals surface area contributed by atoms with Gasteiger partial charge < -0.3 is 20.1 Å². The van der Waals surface area contributed by atoms with E-state index in [1.807, 2.05) is 24.3 Å². The first-order valence-corrected chi connectivity index (χ1v) is 9.38. The Hall–Kier alpha value is -1.80. The van der Waals surface area contributed by atoms with Crippen LogP contribution < -0.4 is 15.4 Å². The van der Waals surface area contributed by atoms with Gasteiger partial charge in [-0.2, -0.15) is 0 Å². The maximum Gasteiger partial charge on any atom is 0.195 e. The fourth-order valence-electron chi connectivity index (χ4n) is 1.73. The lowest BCUT2D eigenvalue weighted by Crippen LogP contribution is -2.34. The van der Waals surface area contributed by atoms with Crippen LogP contribution in [-0.2, 0) is 14.6 Å². The van der Waals surface area contributed by atoms with E-state index in [1.165, 1.54) is 6.26 Å². The molecule has 23 heavy (non-hydrogen) atoms. The van der Waals surface area contributed by atoms with Crippen molar-refractivity contribution >= 4 is 21.5 Å². The van der Waals surface area contributed by atoms with Gasteiger partial charge in [-0.25, -0.2) is 8.42 Å². The number of benzene rings is 1. The topological polar surface area (TPSA) is 89.0 Å². The second-order valence-corrected chi connectivity index (χ2v) is 7.24. The van der Waals surface area contributed by atoms with Crippen LogP contribution in [0.15, 0.2) is 29.3 Å². The molecule has 0 saturated carbocycles. The first-order chi connectivity index (χ1) is 10.9. The van der Waals surface area contributed by atoms with Crippen LogP contribution in [-0.4, -0.2) is 60.3 Å². The number of anilines is 1. The summed E-state index contributed by atoms with van der Waals surface area (Å²) in [5.41, 5.74) is 0.807. The highest BCUT2D eigenvalue weighted by molar-refractivity contribution is 7.90. The van der Waals surface area contributed by atoms with Gasteiger partial charge in [0.2, 0.25) is 0 Å². The van der Waals surface area contributed by atoms with E-state index >= 15 is 0 Å². The fourth-order valence-corrected chi connectivity index (χ4v) is 2.20. The van der Waals surface area contributed by atoms with Gasteiger partial charge in [0, 0.05) is 51.7 Å². The lowest BCUT2D eigenvalue weighted by molar-refractivity contribution is 0.172. The second-order valence-electron chi connectivity index (χ2n) is 4.98. The number of sulfone groups is 1. The molecule has 0 spiro atoms. The molecule has 0 amide bonds. The minimum atomic E-state index is -3.00. The van der Waals surface area contributed by atoms with Crippen LogP contribution in [0.5, 0.6) is 5.75 Å². The van der Waals surface area contributed by atoms with E-state index in [2.05, 4.69) is 15.6 Å². The van der Waals surface area contributed by atoms with Gasteiger partial charge in [-0.05, 0) is 12.1 Å². The lowest BCUT2D eigenvalue weighted by atomic mass is 10.3. The van der Waals surface area contributed by atoms with Crippen molar-refractivity contribution in [3.05, 3.63) is 24.3 Å². The number of hydrogen-bond acceptors (Lipinski definition) is 5. The van der Waals surface area contributed by atoms with Gasteiger partial charge in [0.1, 0.15) is 15.6 Å². The van der Waals surface area contributed by atoms with E-state index in [0.29, 0.717) is 25.7 Å². The van der Waals surface area contributed by atoms with Gasteiger partial charge in [0.05, 0.1) is 12.4 Å². The molecule has 0 saturated heterocycles. The highest BCUT2D eigenvalue weighted by Gasteiger charge is 2.04. The van der Waals surface area contributed by atoms with Crippen LogP contribution in [0.3, 0.4) is 0 Å². The number of ether oxygens (including phenoxy) is 2. The minimum absolute atomic E-state index is 0.0519. The summed E-state index contributed by atoms with van der Waals surface area (Å²) >= 11 is 0. The Morgan fingerprint density at radius 3 is 2.74 bits per heavy atom. The first kappa shape index (κ1) is 19.2. The number of guanidine groups is 1. The predicted molar refractivity (Wildman–Crippen MR) is 93.1 cm³/mol. The van der Waals surface area contributed by atoms with Gasteiger partial charge in [0.15, 0.2) is 5.96 Å². The summed E-state index contributed by atoms with van der Waals surface area (Å²) in [6.45, 7) is 1.54. The van der Waals surface area contributed by atoms with Crippen molar-refractivity contribution in [1.29, 1.82) is 0 Å². The molecule has 0 radical (unpaired) electrons. The Bertz CT molecular complexity index is 602. The van der Waals surface area contributed by atoms with Crippen LogP contribution in [0.4, 0.5) is 5.69 Å². The normalized spacial score (nSPS) is 12.0. The van der Waals surface area contributed by atoms with E-state index in [0.717, 1.165) is 17.9 Å². The Balaban J connectivity index is 2.51. The molecule has 1 aromatic carbocycles. The SMILES string of the molecule is CN=C(NCCS(C)(=O)=O)Nc1cccc(OCCCOC)c1. The highest BCUT2D eigenvalue weighted by Crippen LogP contribution is 2.17. The minimum Gasteiger partial charge on any atom is -0.493 e. The molecule has 1 aromatic rings. The van der Waals surface area contributed by atoms with Crippen molar-refractivity contribution in [2.75, 3.05) is 51.2 Å². The average Bonchev–Trinajstić information content (AvgIpc) is 2.50. The second kappa shape index (κ2) is 10.1. The van der Waals surface area contributed by atoms with Gasteiger partial charge in [-0.1, -0.05) is 6.07 Å². The molecule has 0 aliphatic rings. The molecular formula is C15H25N3O4S. The molecule has 7 nitrogen and oxygen atoms in total. The Morgan fingerprint density at radius 2 is 2.09 bits per heavy atom. The molecule has 0 atom stereocenters. The first-order valence-electron chi connectivity index (χ1n) is 7.32. The molecule has 0 aliphatic heterocycles. The third-order valence-corrected chi connectivity index (χ3v) is 3.79. The molecule has 0 fully saturated rings. The molecule has 1 rings (SSSR count). The molecular weight excluding hydrogens is 318 g/mol. The quantitative estimate of drug-likeness (QED) is 0.397. The van der Waals surface area contributed by atoms with Crippen molar-refractivity contribution in [3.63, 3.8) is 0 Å². The Morgan fingerprint density at radius 1 is 1.30 bits per heavy atom. The standard InChI is InChI=1S/C15H25N3O4S/c1-16-15(17-8-11-23(3,19)20)18-13-6-4-7-14(12-13)22-10-5-9-21-2/h4,6-7,12H,5,8-11H2,1-3H3,(H2,16,17,18). The molecule has 130 valence electrons. The monoisotopic (exact) mass is 343 g/mol. The Labute approximate surface area is 138 Å². The number of methoxy groups -OCH3 is 1. The van der Waals surface area contributed by atoms with E-state index < -0.39 is 9.84 Å². The predicted octanol–water partition coefficient (Wildman–Crippen LogP) is 1.13. The average molecular weight is 343 g/mol. The van der Waals surface area contributed by atoms with E-state index in [9.17, 15) is 8.42 Å². The van der Waals surface area contributed by atoms with Gasteiger partial charge >= 0.3 is 0 Å². The summed E-state index contributed by atoms with van der Waals surface area (Å²) in [6, 6.07) is 7.48. The van der Waals surface area contributed by atoms with Crippen molar-refractivity contribution < 1.29 is 17.9 Å². The Kier molecular flexibility index (Phi) is 8.42. The maximum atomic E-state index is 11.1. The van der Waals surface area contributed by atoms with Gasteiger partial charge in [-0.15, -0.1) is 0 Å². The third kappa shape index (κ3) is 9.04. The lowest BCUT2D eigenvalue weighted by Gasteiger charge is -2.13. The van der Waals surface area contributed by atoms with Crippen LogP contribution in [0.2, 0.25) is 0 Å².